The van der Waals surface area contributed by atoms with Crippen LogP contribution in [-0.4, -0.2) is 45.3 Å². The zero-order valence-corrected chi connectivity index (χ0v) is 20.9. The Morgan fingerprint density at radius 2 is 2.03 bits per heavy atom. The third-order valence-corrected chi connectivity index (χ3v) is 7.67. The molecule has 7 rings (SSSR count). The van der Waals surface area contributed by atoms with Crippen molar-refractivity contribution in [3.05, 3.63) is 77.8 Å². The van der Waals surface area contributed by atoms with Gasteiger partial charge in [-0.15, -0.1) is 11.3 Å². The molecule has 0 saturated heterocycles. The SMILES string of the molecule is CN1CN=C(c2nc3c(-c4cccs4)cccc3[nH]2)c2cc(-c3cncc(NC(=O)C4CC4)c3)ncc21. The molecule has 0 spiro atoms. The third-order valence-electron chi connectivity index (χ3n) is 6.76. The van der Waals surface area contributed by atoms with E-state index in [1.165, 1.54) is 4.88 Å². The fourth-order valence-electron chi connectivity index (χ4n) is 4.65. The first-order valence-corrected chi connectivity index (χ1v) is 13.1. The monoisotopic (exact) mass is 505 g/mol. The highest BCUT2D eigenvalue weighted by Crippen LogP contribution is 2.34. The van der Waals surface area contributed by atoms with Crippen LogP contribution in [0.3, 0.4) is 0 Å². The highest BCUT2D eigenvalue weighted by molar-refractivity contribution is 7.13. The summed E-state index contributed by atoms with van der Waals surface area (Å²) < 4.78 is 0. The molecule has 8 nitrogen and oxygen atoms in total. The lowest BCUT2D eigenvalue weighted by atomic mass is 10.0. The Hall–Kier alpha value is -4.37. The lowest BCUT2D eigenvalue weighted by molar-refractivity contribution is -0.117. The molecule has 1 amide bonds. The van der Waals surface area contributed by atoms with Gasteiger partial charge in [-0.2, -0.15) is 0 Å². The number of para-hydroxylation sites is 1. The number of amides is 1. The molecule has 0 atom stereocenters. The number of pyridine rings is 2. The molecule has 0 radical (unpaired) electrons. The van der Waals surface area contributed by atoms with Crippen LogP contribution in [-0.2, 0) is 4.79 Å². The summed E-state index contributed by atoms with van der Waals surface area (Å²) in [5.41, 5.74) is 8.01. The predicted molar refractivity (Wildman–Crippen MR) is 147 cm³/mol. The molecule has 0 unspecified atom stereocenters. The molecule has 1 aliphatic heterocycles. The van der Waals surface area contributed by atoms with E-state index < -0.39 is 0 Å². The van der Waals surface area contributed by atoms with Crippen LogP contribution in [0, 0.1) is 5.92 Å². The van der Waals surface area contributed by atoms with E-state index >= 15 is 0 Å². The number of anilines is 2. The number of hydrogen-bond donors (Lipinski definition) is 2. The summed E-state index contributed by atoms with van der Waals surface area (Å²) in [5.74, 6) is 0.915. The van der Waals surface area contributed by atoms with Gasteiger partial charge in [0.05, 0.1) is 40.5 Å². The van der Waals surface area contributed by atoms with Gasteiger partial charge >= 0.3 is 0 Å². The Morgan fingerprint density at radius 3 is 2.86 bits per heavy atom. The summed E-state index contributed by atoms with van der Waals surface area (Å²) >= 11 is 1.70. The number of aliphatic imine (C=N–C) groups is 1. The Balaban J connectivity index is 1.28. The molecule has 37 heavy (non-hydrogen) atoms. The van der Waals surface area contributed by atoms with Crippen molar-refractivity contribution in [1.29, 1.82) is 0 Å². The molecule has 5 heterocycles. The number of fused-ring (bicyclic) bond motifs is 2. The maximum absolute atomic E-state index is 12.2. The van der Waals surface area contributed by atoms with Gasteiger partial charge in [-0.3, -0.25) is 19.8 Å². The number of thiophene rings is 1. The van der Waals surface area contributed by atoms with Crippen molar-refractivity contribution in [2.45, 2.75) is 12.8 Å². The molecule has 1 fully saturated rings. The fourth-order valence-corrected chi connectivity index (χ4v) is 5.41. The molecule has 0 bridgehead atoms. The zero-order chi connectivity index (χ0) is 24.9. The summed E-state index contributed by atoms with van der Waals surface area (Å²) in [6, 6.07) is 14.3. The van der Waals surface area contributed by atoms with Crippen molar-refractivity contribution >= 4 is 45.4 Å². The Bertz CT molecular complexity index is 1680. The number of H-pyrrole nitrogens is 1. The summed E-state index contributed by atoms with van der Waals surface area (Å²) in [7, 11) is 2.00. The quantitative estimate of drug-likeness (QED) is 0.336. The molecule has 1 saturated carbocycles. The van der Waals surface area contributed by atoms with Crippen LogP contribution in [0.1, 0.15) is 24.2 Å². The molecule has 1 aromatic carbocycles. The minimum absolute atomic E-state index is 0.0557. The number of aromatic amines is 1. The molecule has 182 valence electrons. The van der Waals surface area contributed by atoms with E-state index in [0.29, 0.717) is 12.4 Å². The Morgan fingerprint density at radius 1 is 1.11 bits per heavy atom. The second-order valence-corrected chi connectivity index (χ2v) is 10.4. The van der Waals surface area contributed by atoms with E-state index in [9.17, 15) is 4.79 Å². The first kappa shape index (κ1) is 21.9. The predicted octanol–water partition coefficient (Wildman–Crippen LogP) is 5.34. The van der Waals surface area contributed by atoms with Crippen molar-refractivity contribution < 1.29 is 4.79 Å². The number of imidazole rings is 1. The molecule has 9 heteroatoms. The van der Waals surface area contributed by atoms with E-state index in [1.807, 2.05) is 37.5 Å². The van der Waals surface area contributed by atoms with Crippen molar-refractivity contribution in [2.75, 3.05) is 23.9 Å². The van der Waals surface area contributed by atoms with Crippen LogP contribution >= 0.6 is 11.3 Å². The van der Waals surface area contributed by atoms with E-state index in [2.05, 4.69) is 43.8 Å². The number of hydrogen-bond acceptors (Lipinski definition) is 7. The van der Waals surface area contributed by atoms with Gasteiger partial charge in [-0.1, -0.05) is 18.2 Å². The highest BCUT2D eigenvalue weighted by atomic mass is 32.1. The number of carbonyl (C=O) groups excluding carboxylic acids is 1. The lowest BCUT2D eigenvalue weighted by Gasteiger charge is -2.25. The van der Waals surface area contributed by atoms with E-state index in [4.69, 9.17) is 15.0 Å². The maximum atomic E-state index is 12.2. The van der Waals surface area contributed by atoms with Gasteiger partial charge in [0.1, 0.15) is 12.4 Å². The molecular weight excluding hydrogens is 482 g/mol. The number of nitrogens with zero attached hydrogens (tertiary/aromatic N) is 5. The fraction of sp³-hybridized carbons (Fsp3) is 0.179. The van der Waals surface area contributed by atoms with Crippen molar-refractivity contribution in [2.24, 2.45) is 10.9 Å². The molecule has 2 N–H and O–H groups in total. The number of carbonyl (C=O) groups is 1. The van der Waals surface area contributed by atoms with Crippen molar-refractivity contribution in [3.63, 3.8) is 0 Å². The number of nitrogens with one attached hydrogen (secondary N) is 2. The zero-order valence-electron chi connectivity index (χ0n) is 20.1. The van der Waals surface area contributed by atoms with E-state index in [-0.39, 0.29) is 11.8 Å². The molecule has 4 aromatic heterocycles. The lowest BCUT2D eigenvalue weighted by Crippen LogP contribution is -2.27. The van der Waals surface area contributed by atoms with Crippen LogP contribution < -0.4 is 10.2 Å². The molecule has 1 aliphatic carbocycles. The minimum Gasteiger partial charge on any atom is -0.353 e. The van der Waals surface area contributed by atoms with Crippen LogP contribution in [0.5, 0.6) is 0 Å². The molecular formula is C28H23N7OS. The van der Waals surface area contributed by atoms with E-state index in [1.54, 1.807) is 23.7 Å². The van der Waals surface area contributed by atoms with Gasteiger partial charge < -0.3 is 15.2 Å². The third kappa shape index (κ3) is 3.97. The van der Waals surface area contributed by atoms with Crippen molar-refractivity contribution in [1.82, 2.24) is 19.9 Å². The largest absolute Gasteiger partial charge is 0.353 e. The number of benzene rings is 1. The summed E-state index contributed by atoms with van der Waals surface area (Å²) in [4.78, 5) is 37.9. The molecule has 2 aliphatic rings. The molecule has 5 aromatic rings. The maximum Gasteiger partial charge on any atom is 0.227 e. The average Bonchev–Trinajstić information content (AvgIpc) is 3.46. The average molecular weight is 506 g/mol. The van der Waals surface area contributed by atoms with Crippen molar-refractivity contribution in [3.8, 4) is 21.7 Å². The number of rotatable bonds is 5. The summed E-state index contributed by atoms with van der Waals surface area (Å²) in [6.45, 7) is 0.516. The van der Waals surface area contributed by atoms with Gasteiger partial charge in [0.2, 0.25) is 5.91 Å². The summed E-state index contributed by atoms with van der Waals surface area (Å²) in [5, 5.41) is 5.05. The Kier molecular flexibility index (Phi) is 5.10. The van der Waals surface area contributed by atoms with Gasteiger partial charge in [-0.05, 0) is 42.5 Å². The Labute approximate surface area is 217 Å². The summed E-state index contributed by atoms with van der Waals surface area (Å²) in [6.07, 6.45) is 7.21. The second-order valence-electron chi connectivity index (χ2n) is 9.42. The van der Waals surface area contributed by atoms with Crippen LogP contribution in [0.25, 0.3) is 32.7 Å². The first-order valence-electron chi connectivity index (χ1n) is 12.2. The first-order chi connectivity index (χ1) is 18.1. The van der Waals surface area contributed by atoms with Gasteiger partial charge in [0, 0.05) is 40.7 Å². The van der Waals surface area contributed by atoms with Crippen LogP contribution in [0.4, 0.5) is 11.4 Å². The standard InChI is InChI=1S/C28H23N7OS/c1-35-15-31-26(27-33-21-5-2-4-19(25(21)34-27)24-6-3-9-37-24)20-11-22(30-14-23(20)35)17-10-18(13-29-12-17)32-28(36)16-7-8-16/h2-6,9-14,16H,7-8,15H2,1H3,(H,32,36)(H,33,34). The van der Waals surface area contributed by atoms with E-state index in [0.717, 1.165) is 63.5 Å². The highest BCUT2D eigenvalue weighted by Gasteiger charge is 2.29. The normalized spacial score (nSPS) is 14.9. The minimum atomic E-state index is 0.0557. The number of aromatic nitrogens is 4. The topological polar surface area (TPSA) is 99.2 Å². The van der Waals surface area contributed by atoms with Gasteiger partial charge in [0.15, 0.2) is 5.82 Å². The van der Waals surface area contributed by atoms with Gasteiger partial charge in [-0.25, -0.2) is 4.98 Å². The second kappa shape index (κ2) is 8.63. The van der Waals surface area contributed by atoms with Gasteiger partial charge in [0.25, 0.3) is 0 Å². The van der Waals surface area contributed by atoms with Crippen LogP contribution in [0.2, 0.25) is 0 Å². The smallest absolute Gasteiger partial charge is 0.227 e. The van der Waals surface area contributed by atoms with Crippen LogP contribution in [0.15, 0.2) is 71.4 Å².